The zero-order chi connectivity index (χ0) is 16.4. The van der Waals surface area contributed by atoms with Crippen molar-refractivity contribution in [2.75, 3.05) is 39.4 Å². The van der Waals surface area contributed by atoms with Crippen molar-refractivity contribution >= 4 is 0 Å². The maximum Gasteiger partial charge on any atom is 0.0468 e. The van der Waals surface area contributed by atoms with Gasteiger partial charge in [-0.1, -0.05) is 13.8 Å². The molecule has 0 radical (unpaired) electrons. The van der Waals surface area contributed by atoms with Crippen LogP contribution in [0.25, 0.3) is 0 Å². The molecule has 3 saturated heterocycles. The number of hydrogen-bond acceptors (Lipinski definition) is 3. The van der Waals surface area contributed by atoms with Gasteiger partial charge < -0.3 is 4.74 Å². The van der Waals surface area contributed by atoms with E-state index in [4.69, 9.17) is 4.74 Å². The highest BCUT2D eigenvalue weighted by atomic mass is 16.5. The van der Waals surface area contributed by atoms with Gasteiger partial charge in [0.2, 0.25) is 0 Å². The fraction of sp³-hybridized carbons (Fsp3) is 1.00. The first kappa shape index (κ1) is 17.7. The van der Waals surface area contributed by atoms with E-state index in [-0.39, 0.29) is 0 Å². The fourth-order valence-corrected chi connectivity index (χ4v) is 5.10. The number of likely N-dealkylation sites (tertiary alicyclic amines) is 2. The average Bonchev–Trinajstić information content (AvgIpc) is 2.84. The summed E-state index contributed by atoms with van der Waals surface area (Å²) in [6, 6.07) is 1.57. The van der Waals surface area contributed by atoms with Crippen LogP contribution >= 0.6 is 0 Å². The standard InChI is InChI=1S/C20H38N2O/c1-16(2)22-14-19(15-22)21-8-5-18(13-21)12-20(3,4)11-17-6-9-23-10-7-17/h16-19H,5-15H2,1-4H3. The maximum absolute atomic E-state index is 5.52. The Morgan fingerprint density at radius 1 is 0.957 bits per heavy atom. The molecule has 3 aliphatic heterocycles. The molecule has 0 saturated carbocycles. The smallest absolute Gasteiger partial charge is 0.0468 e. The van der Waals surface area contributed by atoms with Crippen molar-refractivity contribution in [3.63, 3.8) is 0 Å². The van der Waals surface area contributed by atoms with E-state index in [1.807, 2.05) is 0 Å². The Bertz CT molecular complexity index is 370. The summed E-state index contributed by atoms with van der Waals surface area (Å²) in [5, 5.41) is 0. The fourth-order valence-electron chi connectivity index (χ4n) is 5.10. The van der Waals surface area contributed by atoms with Gasteiger partial charge in [0.15, 0.2) is 0 Å². The minimum atomic E-state index is 0.506. The van der Waals surface area contributed by atoms with Gasteiger partial charge in [-0.15, -0.1) is 0 Å². The molecule has 0 aromatic rings. The molecular weight excluding hydrogens is 284 g/mol. The lowest BCUT2D eigenvalue weighted by Gasteiger charge is -2.46. The molecular formula is C20H38N2O. The summed E-state index contributed by atoms with van der Waals surface area (Å²) in [6.45, 7) is 16.9. The van der Waals surface area contributed by atoms with E-state index in [2.05, 4.69) is 37.5 Å². The summed E-state index contributed by atoms with van der Waals surface area (Å²) in [6.07, 6.45) is 6.81. The highest BCUT2D eigenvalue weighted by Crippen LogP contribution is 2.39. The van der Waals surface area contributed by atoms with Crippen molar-refractivity contribution in [2.24, 2.45) is 17.3 Å². The molecule has 0 aliphatic carbocycles. The Morgan fingerprint density at radius 2 is 1.61 bits per heavy atom. The lowest BCUT2D eigenvalue weighted by atomic mass is 9.74. The second kappa shape index (κ2) is 7.41. The molecule has 3 heteroatoms. The second-order valence-corrected chi connectivity index (χ2v) is 9.48. The first-order chi connectivity index (χ1) is 10.9. The molecule has 134 valence electrons. The van der Waals surface area contributed by atoms with Crippen LogP contribution in [0, 0.1) is 17.3 Å². The molecule has 0 aromatic heterocycles. The van der Waals surface area contributed by atoms with Crippen molar-refractivity contribution in [3.05, 3.63) is 0 Å². The molecule has 0 spiro atoms. The molecule has 3 aliphatic rings. The van der Waals surface area contributed by atoms with Crippen molar-refractivity contribution in [1.29, 1.82) is 0 Å². The van der Waals surface area contributed by atoms with Gasteiger partial charge in [-0.05, 0) is 69.7 Å². The first-order valence-corrected chi connectivity index (χ1v) is 9.99. The minimum Gasteiger partial charge on any atom is -0.381 e. The SMILES string of the molecule is CC(C)N1CC(N2CCC(CC(C)(C)CC3CCOCC3)C2)C1. The normalized spacial score (nSPS) is 29.3. The van der Waals surface area contributed by atoms with Crippen LogP contribution in [0.4, 0.5) is 0 Å². The lowest BCUT2D eigenvalue weighted by Crippen LogP contribution is -2.60. The number of rotatable bonds is 6. The molecule has 1 unspecified atom stereocenters. The average molecular weight is 323 g/mol. The Labute approximate surface area is 143 Å². The van der Waals surface area contributed by atoms with Crippen molar-refractivity contribution < 1.29 is 4.74 Å². The van der Waals surface area contributed by atoms with Gasteiger partial charge in [-0.2, -0.15) is 0 Å². The molecule has 3 fully saturated rings. The molecule has 0 amide bonds. The van der Waals surface area contributed by atoms with Crippen LogP contribution < -0.4 is 0 Å². The van der Waals surface area contributed by atoms with Gasteiger partial charge >= 0.3 is 0 Å². The summed E-state index contributed by atoms with van der Waals surface area (Å²) in [5.41, 5.74) is 0.506. The Kier molecular flexibility index (Phi) is 5.70. The molecule has 0 aromatic carbocycles. The second-order valence-electron chi connectivity index (χ2n) is 9.48. The summed E-state index contributed by atoms with van der Waals surface area (Å²) in [5.74, 6) is 1.83. The van der Waals surface area contributed by atoms with E-state index in [1.165, 1.54) is 58.3 Å². The van der Waals surface area contributed by atoms with E-state index in [0.29, 0.717) is 5.41 Å². The predicted molar refractivity (Wildman–Crippen MR) is 96.7 cm³/mol. The lowest BCUT2D eigenvalue weighted by molar-refractivity contribution is 0.0222. The Hall–Kier alpha value is -0.120. The molecule has 3 heterocycles. The van der Waals surface area contributed by atoms with Crippen molar-refractivity contribution in [3.8, 4) is 0 Å². The largest absolute Gasteiger partial charge is 0.381 e. The summed E-state index contributed by atoms with van der Waals surface area (Å²) < 4.78 is 5.52. The first-order valence-electron chi connectivity index (χ1n) is 9.99. The molecule has 3 rings (SSSR count). The summed E-state index contributed by atoms with van der Waals surface area (Å²) in [4.78, 5) is 5.39. The number of ether oxygens (including phenoxy) is 1. The van der Waals surface area contributed by atoms with Crippen LogP contribution in [-0.2, 0) is 4.74 Å². The molecule has 0 N–H and O–H groups in total. The Balaban J connectivity index is 1.40. The van der Waals surface area contributed by atoms with E-state index in [0.717, 1.165) is 37.1 Å². The van der Waals surface area contributed by atoms with Gasteiger partial charge in [-0.25, -0.2) is 0 Å². The van der Waals surface area contributed by atoms with Crippen LogP contribution in [0.2, 0.25) is 0 Å². The highest BCUT2D eigenvalue weighted by molar-refractivity contribution is 4.93. The molecule has 0 bridgehead atoms. The topological polar surface area (TPSA) is 15.7 Å². The van der Waals surface area contributed by atoms with Crippen LogP contribution in [0.1, 0.15) is 59.8 Å². The van der Waals surface area contributed by atoms with Crippen LogP contribution in [0.5, 0.6) is 0 Å². The maximum atomic E-state index is 5.52. The van der Waals surface area contributed by atoms with Crippen LogP contribution in [0.3, 0.4) is 0 Å². The van der Waals surface area contributed by atoms with Crippen LogP contribution in [0.15, 0.2) is 0 Å². The third kappa shape index (κ3) is 4.70. The van der Waals surface area contributed by atoms with E-state index in [1.54, 1.807) is 0 Å². The van der Waals surface area contributed by atoms with Gasteiger partial charge in [0.1, 0.15) is 0 Å². The minimum absolute atomic E-state index is 0.506. The van der Waals surface area contributed by atoms with Crippen molar-refractivity contribution in [1.82, 2.24) is 9.80 Å². The van der Waals surface area contributed by atoms with E-state index in [9.17, 15) is 0 Å². The summed E-state index contributed by atoms with van der Waals surface area (Å²) >= 11 is 0. The van der Waals surface area contributed by atoms with Gasteiger partial charge in [0.05, 0.1) is 0 Å². The summed E-state index contributed by atoms with van der Waals surface area (Å²) in [7, 11) is 0. The van der Waals surface area contributed by atoms with Gasteiger partial charge in [0.25, 0.3) is 0 Å². The Morgan fingerprint density at radius 3 is 2.26 bits per heavy atom. The third-order valence-electron chi connectivity index (χ3n) is 6.48. The quantitative estimate of drug-likeness (QED) is 0.742. The molecule has 1 atom stereocenters. The monoisotopic (exact) mass is 322 g/mol. The van der Waals surface area contributed by atoms with Gasteiger partial charge in [-0.3, -0.25) is 9.80 Å². The number of nitrogens with zero attached hydrogens (tertiary/aromatic N) is 2. The van der Waals surface area contributed by atoms with E-state index >= 15 is 0 Å². The van der Waals surface area contributed by atoms with Gasteiger partial charge in [0, 0.05) is 44.9 Å². The zero-order valence-electron chi connectivity index (χ0n) is 15.9. The predicted octanol–water partition coefficient (Wildman–Crippen LogP) is 3.63. The van der Waals surface area contributed by atoms with E-state index < -0.39 is 0 Å². The zero-order valence-corrected chi connectivity index (χ0v) is 15.9. The highest BCUT2D eigenvalue weighted by Gasteiger charge is 2.38. The molecule has 3 nitrogen and oxygen atoms in total. The van der Waals surface area contributed by atoms with Crippen LogP contribution in [-0.4, -0.2) is 61.3 Å². The molecule has 23 heavy (non-hydrogen) atoms. The number of hydrogen-bond donors (Lipinski definition) is 0. The van der Waals surface area contributed by atoms with Crippen molar-refractivity contribution in [2.45, 2.75) is 71.9 Å². The third-order valence-corrected chi connectivity index (χ3v) is 6.48.